The molecule has 0 saturated heterocycles. The second-order valence-corrected chi connectivity index (χ2v) is 6.62. The molecule has 0 bridgehead atoms. The van der Waals surface area contributed by atoms with Crippen LogP contribution in [0.25, 0.3) is 0 Å². The summed E-state index contributed by atoms with van der Waals surface area (Å²) in [5, 5.41) is 18.1. The van der Waals surface area contributed by atoms with Gasteiger partial charge in [0, 0.05) is 13.1 Å². The van der Waals surface area contributed by atoms with Gasteiger partial charge in [-0.05, 0) is 31.0 Å². The molecular formula is C14H21NO5S. The van der Waals surface area contributed by atoms with Gasteiger partial charge in [0.1, 0.15) is 0 Å². The molecule has 2 N–H and O–H groups in total. The van der Waals surface area contributed by atoms with Crippen molar-refractivity contribution in [2.24, 2.45) is 0 Å². The third-order valence-electron chi connectivity index (χ3n) is 3.24. The molecule has 0 radical (unpaired) electrons. The van der Waals surface area contributed by atoms with E-state index < -0.39 is 16.0 Å². The summed E-state index contributed by atoms with van der Waals surface area (Å²) < 4.78 is 26.5. The highest BCUT2D eigenvalue weighted by Gasteiger charge is 2.27. The van der Waals surface area contributed by atoms with Crippen LogP contribution >= 0.6 is 0 Å². The summed E-state index contributed by atoms with van der Waals surface area (Å²) in [7, 11) is -3.81. The molecule has 0 atom stereocenters. The van der Waals surface area contributed by atoms with Crippen molar-refractivity contribution in [3.05, 3.63) is 29.3 Å². The van der Waals surface area contributed by atoms with E-state index in [0.29, 0.717) is 13.0 Å². The minimum Gasteiger partial charge on any atom is -0.478 e. The number of nitrogens with zero attached hydrogens (tertiary/aromatic N) is 1. The van der Waals surface area contributed by atoms with Crippen molar-refractivity contribution in [3.8, 4) is 0 Å². The van der Waals surface area contributed by atoms with Gasteiger partial charge in [-0.2, -0.15) is 4.31 Å². The Morgan fingerprint density at radius 1 is 1.29 bits per heavy atom. The topological polar surface area (TPSA) is 94.9 Å². The number of carbonyl (C=O) groups is 1. The van der Waals surface area contributed by atoms with Crippen LogP contribution in [0.15, 0.2) is 23.1 Å². The van der Waals surface area contributed by atoms with Gasteiger partial charge in [0.2, 0.25) is 10.0 Å². The van der Waals surface area contributed by atoms with Gasteiger partial charge in [-0.25, -0.2) is 13.2 Å². The maximum Gasteiger partial charge on any atom is 0.335 e. The summed E-state index contributed by atoms with van der Waals surface area (Å²) in [5.41, 5.74) is 0.181. The number of sulfonamides is 1. The highest BCUT2D eigenvalue weighted by Crippen LogP contribution is 2.23. The molecule has 21 heavy (non-hydrogen) atoms. The van der Waals surface area contributed by atoms with Gasteiger partial charge < -0.3 is 10.2 Å². The van der Waals surface area contributed by atoms with Gasteiger partial charge in [0.25, 0.3) is 0 Å². The maximum atomic E-state index is 12.6. The molecule has 0 fully saturated rings. The molecule has 1 rings (SSSR count). The second kappa shape index (κ2) is 7.53. The van der Waals surface area contributed by atoms with Crippen LogP contribution in [0.3, 0.4) is 0 Å². The quantitative estimate of drug-likeness (QED) is 0.757. The van der Waals surface area contributed by atoms with E-state index in [0.717, 1.165) is 6.42 Å². The molecule has 0 unspecified atom stereocenters. The lowest BCUT2D eigenvalue weighted by molar-refractivity contribution is 0.0695. The van der Waals surface area contributed by atoms with Gasteiger partial charge in [-0.1, -0.05) is 19.4 Å². The number of carboxylic acids is 1. The molecule has 0 spiro atoms. The van der Waals surface area contributed by atoms with Gasteiger partial charge in [-0.15, -0.1) is 0 Å². The van der Waals surface area contributed by atoms with Crippen molar-refractivity contribution in [1.29, 1.82) is 0 Å². The first-order chi connectivity index (χ1) is 9.86. The average molecular weight is 315 g/mol. The van der Waals surface area contributed by atoms with Crippen molar-refractivity contribution in [3.63, 3.8) is 0 Å². The predicted octanol–water partition coefficient (Wildman–Crippen LogP) is 1.48. The number of carboxylic acid groups (broad SMARTS) is 1. The van der Waals surface area contributed by atoms with E-state index in [9.17, 15) is 13.2 Å². The Morgan fingerprint density at radius 3 is 2.48 bits per heavy atom. The van der Waals surface area contributed by atoms with Crippen LogP contribution in [0.4, 0.5) is 0 Å². The van der Waals surface area contributed by atoms with Crippen LogP contribution < -0.4 is 0 Å². The van der Waals surface area contributed by atoms with Gasteiger partial charge in [-0.3, -0.25) is 0 Å². The number of aromatic carboxylic acids is 1. The van der Waals surface area contributed by atoms with Crippen LogP contribution in [0.1, 0.15) is 35.7 Å². The van der Waals surface area contributed by atoms with Gasteiger partial charge in [0.15, 0.2) is 0 Å². The van der Waals surface area contributed by atoms with Crippen molar-refractivity contribution in [1.82, 2.24) is 4.31 Å². The van der Waals surface area contributed by atoms with E-state index in [4.69, 9.17) is 10.2 Å². The maximum absolute atomic E-state index is 12.6. The van der Waals surface area contributed by atoms with E-state index in [1.165, 1.54) is 29.4 Å². The first-order valence-corrected chi connectivity index (χ1v) is 8.24. The van der Waals surface area contributed by atoms with Crippen LogP contribution in [-0.4, -0.2) is 48.6 Å². The Labute approximate surface area is 125 Å². The lowest BCUT2D eigenvalue weighted by Crippen LogP contribution is -2.35. The van der Waals surface area contributed by atoms with Gasteiger partial charge in [0.05, 0.1) is 17.1 Å². The van der Waals surface area contributed by atoms with Crippen molar-refractivity contribution in [2.75, 3.05) is 19.7 Å². The molecule has 0 heterocycles. The number of aliphatic hydroxyl groups is 1. The highest BCUT2D eigenvalue weighted by molar-refractivity contribution is 7.89. The molecule has 1 aromatic rings. The summed E-state index contributed by atoms with van der Waals surface area (Å²) in [4.78, 5) is 11.1. The molecule has 0 saturated carbocycles. The molecule has 0 aromatic heterocycles. The highest BCUT2D eigenvalue weighted by atomic mass is 32.2. The van der Waals surface area contributed by atoms with Crippen molar-refractivity contribution < 1.29 is 23.4 Å². The zero-order valence-corrected chi connectivity index (χ0v) is 13.1. The number of unbranched alkanes of at least 4 members (excludes halogenated alkanes) is 1. The van der Waals surface area contributed by atoms with Crippen LogP contribution in [0, 0.1) is 6.92 Å². The van der Waals surface area contributed by atoms with Crippen LogP contribution in [0.2, 0.25) is 0 Å². The number of hydrogen-bond donors (Lipinski definition) is 2. The van der Waals surface area contributed by atoms with E-state index in [-0.39, 0.29) is 29.2 Å². The summed E-state index contributed by atoms with van der Waals surface area (Å²) >= 11 is 0. The van der Waals surface area contributed by atoms with Crippen LogP contribution in [0.5, 0.6) is 0 Å². The monoisotopic (exact) mass is 315 g/mol. The SMILES string of the molecule is CCCCN(CCO)S(=O)(=O)c1cccc(C(=O)O)c1C. The first-order valence-electron chi connectivity index (χ1n) is 6.80. The standard InChI is InChI=1S/C14H21NO5S/c1-3-4-8-15(9-10-16)21(19,20)13-7-5-6-12(11(13)2)14(17)18/h5-7,16H,3-4,8-10H2,1-2H3,(H,17,18). The zero-order valence-electron chi connectivity index (χ0n) is 12.2. The number of benzene rings is 1. The zero-order chi connectivity index (χ0) is 16.0. The lowest BCUT2D eigenvalue weighted by Gasteiger charge is -2.22. The largest absolute Gasteiger partial charge is 0.478 e. The second-order valence-electron chi connectivity index (χ2n) is 4.72. The molecule has 0 aliphatic carbocycles. The molecule has 7 heteroatoms. The Balaban J connectivity index is 3.27. The molecule has 0 aliphatic heterocycles. The summed E-state index contributed by atoms with van der Waals surface area (Å²) in [6.07, 6.45) is 1.50. The van der Waals surface area contributed by atoms with Crippen molar-refractivity contribution in [2.45, 2.75) is 31.6 Å². The fourth-order valence-corrected chi connectivity index (χ4v) is 3.78. The molecule has 1 aromatic carbocycles. The lowest BCUT2D eigenvalue weighted by atomic mass is 10.1. The fraction of sp³-hybridized carbons (Fsp3) is 0.500. The molecule has 0 amide bonds. The number of hydrogen-bond acceptors (Lipinski definition) is 4. The molecule has 118 valence electrons. The van der Waals surface area contributed by atoms with E-state index in [2.05, 4.69) is 0 Å². The minimum atomic E-state index is -3.81. The summed E-state index contributed by atoms with van der Waals surface area (Å²) in [5.74, 6) is -1.16. The van der Waals surface area contributed by atoms with Crippen molar-refractivity contribution >= 4 is 16.0 Å². The third kappa shape index (κ3) is 4.03. The molecular weight excluding hydrogens is 294 g/mol. The number of aliphatic hydroxyl groups excluding tert-OH is 1. The molecule has 6 nitrogen and oxygen atoms in total. The Kier molecular flexibility index (Phi) is 6.32. The third-order valence-corrected chi connectivity index (χ3v) is 5.29. The summed E-state index contributed by atoms with van der Waals surface area (Å²) in [6.45, 7) is 3.45. The Morgan fingerprint density at radius 2 is 1.95 bits per heavy atom. The Hall–Kier alpha value is -1.44. The van der Waals surface area contributed by atoms with Crippen LogP contribution in [-0.2, 0) is 10.0 Å². The predicted molar refractivity (Wildman–Crippen MR) is 78.9 cm³/mol. The molecule has 0 aliphatic rings. The summed E-state index contributed by atoms with van der Waals surface area (Å²) in [6, 6.07) is 4.19. The Bertz CT molecular complexity index is 597. The fourth-order valence-electron chi connectivity index (χ4n) is 2.06. The normalized spacial score (nSPS) is 11.8. The smallest absolute Gasteiger partial charge is 0.335 e. The first kappa shape index (κ1) is 17.6. The minimum absolute atomic E-state index is 0.000920. The van der Waals surface area contributed by atoms with Gasteiger partial charge >= 0.3 is 5.97 Å². The van der Waals surface area contributed by atoms with E-state index in [1.807, 2.05) is 6.92 Å². The number of rotatable bonds is 8. The van der Waals surface area contributed by atoms with E-state index in [1.54, 1.807) is 0 Å². The average Bonchev–Trinajstić information content (AvgIpc) is 2.42. The van der Waals surface area contributed by atoms with E-state index >= 15 is 0 Å².